The highest BCUT2D eigenvalue weighted by Crippen LogP contribution is 2.35. The number of nitrogens with one attached hydrogen (secondary N) is 1. The van der Waals surface area contributed by atoms with Crippen LogP contribution < -0.4 is 5.32 Å². The van der Waals surface area contributed by atoms with Crippen molar-refractivity contribution in [2.45, 2.75) is 29.8 Å². The number of rotatable bonds is 4. The summed E-state index contributed by atoms with van der Waals surface area (Å²) >= 11 is 16.9. The molecule has 1 unspecified atom stereocenters. The largest absolute Gasteiger partial charge is 0.378 e. The second kappa shape index (κ2) is 7.12. The molecule has 0 bridgehead atoms. The van der Waals surface area contributed by atoms with Crippen LogP contribution in [-0.4, -0.2) is 43.1 Å². The van der Waals surface area contributed by atoms with E-state index < -0.39 is 20.5 Å². The summed E-state index contributed by atoms with van der Waals surface area (Å²) in [7, 11) is 0. The van der Waals surface area contributed by atoms with E-state index in [9.17, 15) is 15.2 Å². The Kier molecular flexibility index (Phi) is 5.61. The molecule has 0 amide bonds. The summed E-state index contributed by atoms with van der Waals surface area (Å²) in [6.45, 7) is 3.04. The Morgan fingerprint density at radius 1 is 1.65 bits per heavy atom. The van der Waals surface area contributed by atoms with Crippen molar-refractivity contribution < 1.29 is 14.6 Å². The summed E-state index contributed by atoms with van der Waals surface area (Å²) in [6.07, 6.45) is -1.13. The van der Waals surface area contributed by atoms with Crippen molar-refractivity contribution in [1.82, 2.24) is 15.4 Å². The number of aromatic nitrogens is 1. The van der Waals surface area contributed by atoms with Crippen LogP contribution in [0.25, 0.3) is 0 Å². The molecule has 23 heavy (non-hydrogen) atoms. The van der Waals surface area contributed by atoms with Crippen molar-refractivity contribution in [3.8, 4) is 0 Å². The third-order valence-electron chi connectivity index (χ3n) is 3.25. The van der Waals surface area contributed by atoms with Gasteiger partial charge in [-0.25, -0.2) is 0 Å². The smallest absolute Gasteiger partial charge is 0.318 e. The molecule has 0 spiro atoms. The first-order chi connectivity index (χ1) is 10.7. The lowest BCUT2D eigenvalue weighted by Crippen LogP contribution is -2.44. The molecule has 0 saturated carbocycles. The topological polar surface area (TPSA) is 105 Å². The van der Waals surface area contributed by atoms with Crippen LogP contribution in [0, 0.1) is 17.0 Å². The predicted molar refractivity (Wildman–Crippen MR) is 84.6 cm³/mol. The molecular formula is C12H15Cl3N4O4. The molecule has 2 N–H and O–H groups in total. The Morgan fingerprint density at radius 2 is 2.35 bits per heavy atom. The average molecular weight is 386 g/mol. The fourth-order valence-electron chi connectivity index (χ4n) is 2.26. The predicted octanol–water partition coefficient (Wildman–Crippen LogP) is 1.96. The highest BCUT2D eigenvalue weighted by Gasteiger charge is 2.44. The van der Waals surface area contributed by atoms with Crippen molar-refractivity contribution in [3.05, 3.63) is 39.2 Å². The molecule has 8 nitrogen and oxygen atoms in total. The van der Waals surface area contributed by atoms with Gasteiger partial charge >= 0.3 is 5.70 Å². The van der Waals surface area contributed by atoms with Gasteiger partial charge in [0.15, 0.2) is 17.7 Å². The van der Waals surface area contributed by atoms with Gasteiger partial charge in [0.05, 0.1) is 17.2 Å². The lowest BCUT2D eigenvalue weighted by atomic mass is 10.2. The molecule has 1 saturated heterocycles. The van der Waals surface area contributed by atoms with E-state index >= 15 is 0 Å². The molecule has 11 heteroatoms. The molecule has 1 fully saturated rings. The highest BCUT2D eigenvalue weighted by atomic mass is 35.6. The van der Waals surface area contributed by atoms with Gasteiger partial charge in [0.25, 0.3) is 0 Å². The van der Waals surface area contributed by atoms with Crippen molar-refractivity contribution >= 4 is 34.8 Å². The summed E-state index contributed by atoms with van der Waals surface area (Å²) in [5.74, 6) is 0.642. The zero-order chi connectivity index (χ0) is 17.2. The molecule has 128 valence electrons. The Bertz CT molecular complexity index is 614. The first-order valence-electron chi connectivity index (χ1n) is 6.74. The molecule has 1 aliphatic rings. The van der Waals surface area contributed by atoms with Gasteiger partial charge in [-0.15, -0.1) is 0 Å². The van der Waals surface area contributed by atoms with Gasteiger partial charge in [-0.1, -0.05) is 40.0 Å². The van der Waals surface area contributed by atoms with Crippen LogP contribution >= 0.6 is 34.8 Å². The SMILES string of the molecule is Cc1cc(CN2CCCNC2=C(C(O)C(Cl)(Cl)Cl)[N+](=O)[O-])on1. The highest BCUT2D eigenvalue weighted by molar-refractivity contribution is 6.68. The van der Waals surface area contributed by atoms with Gasteiger partial charge in [0.1, 0.15) is 0 Å². The number of aryl methyl sites for hydroxylation is 1. The summed E-state index contributed by atoms with van der Waals surface area (Å²) < 4.78 is 2.91. The van der Waals surface area contributed by atoms with Gasteiger partial charge in [-0.2, -0.15) is 0 Å². The number of nitrogens with zero attached hydrogens (tertiary/aromatic N) is 3. The molecule has 2 heterocycles. The van der Waals surface area contributed by atoms with Crippen LogP contribution in [0.3, 0.4) is 0 Å². The molecule has 1 aliphatic heterocycles. The van der Waals surface area contributed by atoms with Crippen molar-refractivity contribution in [3.63, 3.8) is 0 Å². The quantitative estimate of drug-likeness (QED) is 0.464. The third kappa shape index (κ3) is 4.41. The van der Waals surface area contributed by atoms with Crippen LogP contribution in [0.1, 0.15) is 17.9 Å². The molecular weight excluding hydrogens is 371 g/mol. The molecule has 0 radical (unpaired) electrons. The van der Waals surface area contributed by atoms with Gasteiger partial charge in [0, 0.05) is 19.2 Å². The summed E-state index contributed by atoms with van der Waals surface area (Å²) in [4.78, 5) is 12.3. The molecule has 1 aromatic heterocycles. The molecule has 0 aliphatic carbocycles. The van der Waals surface area contributed by atoms with Crippen molar-refractivity contribution in [1.29, 1.82) is 0 Å². The van der Waals surface area contributed by atoms with E-state index in [1.807, 2.05) is 0 Å². The fraction of sp³-hybridized carbons (Fsp3) is 0.583. The van der Waals surface area contributed by atoms with E-state index in [1.54, 1.807) is 17.9 Å². The minimum atomic E-state index is -2.22. The van der Waals surface area contributed by atoms with E-state index in [2.05, 4.69) is 10.5 Å². The maximum atomic E-state index is 11.4. The Labute approximate surface area is 147 Å². The van der Waals surface area contributed by atoms with Gasteiger partial charge in [-0.05, 0) is 13.3 Å². The van der Waals surface area contributed by atoms with Crippen LogP contribution in [-0.2, 0) is 6.54 Å². The maximum absolute atomic E-state index is 11.4. The standard InChI is InChI=1S/C12H15Cl3N4O4/c1-7-5-8(23-17-7)6-18-4-2-3-16-11(18)9(19(21)22)10(20)12(13,14)15/h5,10,16,20H,2-4,6H2,1H3. The van der Waals surface area contributed by atoms with Crippen LogP contribution in [0.2, 0.25) is 0 Å². The minimum Gasteiger partial charge on any atom is -0.378 e. The first-order valence-corrected chi connectivity index (χ1v) is 7.88. The molecule has 2 rings (SSSR count). The number of alkyl halides is 3. The summed E-state index contributed by atoms with van der Waals surface area (Å²) in [5, 5.41) is 28.1. The van der Waals surface area contributed by atoms with Crippen molar-refractivity contribution in [2.24, 2.45) is 0 Å². The van der Waals surface area contributed by atoms with Gasteiger partial charge < -0.3 is 19.8 Å². The number of halogens is 3. The summed E-state index contributed by atoms with van der Waals surface area (Å²) in [6, 6.07) is 1.73. The van der Waals surface area contributed by atoms with Crippen LogP contribution in [0.4, 0.5) is 0 Å². The number of aliphatic hydroxyl groups is 1. The molecule has 1 atom stereocenters. The Morgan fingerprint density at radius 3 is 2.87 bits per heavy atom. The second-order valence-electron chi connectivity index (χ2n) is 5.07. The lowest BCUT2D eigenvalue weighted by Gasteiger charge is -2.32. The van der Waals surface area contributed by atoms with E-state index in [4.69, 9.17) is 39.3 Å². The van der Waals surface area contributed by atoms with E-state index in [1.165, 1.54) is 0 Å². The average Bonchev–Trinajstić information content (AvgIpc) is 2.85. The third-order valence-corrected chi connectivity index (χ3v) is 3.87. The first kappa shape index (κ1) is 18.1. The van der Waals surface area contributed by atoms with Crippen LogP contribution in [0.5, 0.6) is 0 Å². The van der Waals surface area contributed by atoms with Gasteiger partial charge in [0.2, 0.25) is 3.79 Å². The minimum absolute atomic E-state index is 0.106. The zero-order valence-electron chi connectivity index (χ0n) is 12.1. The van der Waals surface area contributed by atoms with E-state index in [-0.39, 0.29) is 12.4 Å². The second-order valence-corrected chi connectivity index (χ2v) is 7.44. The monoisotopic (exact) mass is 384 g/mol. The molecule has 1 aromatic rings. The number of aliphatic hydroxyl groups excluding tert-OH is 1. The number of nitro groups is 1. The number of hydrogen-bond donors (Lipinski definition) is 2. The normalized spacial score (nSPS) is 19.3. The maximum Gasteiger partial charge on any atom is 0.318 e. The zero-order valence-corrected chi connectivity index (χ0v) is 14.4. The Balaban J connectivity index is 2.37. The molecule has 0 aromatic carbocycles. The van der Waals surface area contributed by atoms with Gasteiger partial charge in [-0.3, -0.25) is 10.1 Å². The van der Waals surface area contributed by atoms with Crippen LogP contribution in [0.15, 0.2) is 22.1 Å². The Hall–Kier alpha value is -1.22. The van der Waals surface area contributed by atoms with Crippen molar-refractivity contribution in [2.75, 3.05) is 13.1 Å². The fourth-order valence-corrected chi connectivity index (χ4v) is 2.57. The van der Waals surface area contributed by atoms with E-state index in [0.29, 0.717) is 24.5 Å². The van der Waals surface area contributed by atoms with E-state index in [0.717, 1.165) is 6.42 Å². The number of hydrogen-bond acceptors (Lipinski definition) is 7. The summed E-state index contributed by atoms with van der Waals surface area (Å²) in [5.41, 5.74) is 0.104. The lowest BCUT2D eigenvalue weighted by molar-refractivity contribution is -0.438.